The number of aromatic nitrogens is 2. The minimum atomic E-state index is -0.0522. The molecule has 0 unspecified atom stereocenters. The monoisotopic (exact) mass is 333 g/mol. The molecule has 0 saturated heterocycles. The Bertz CT molecular complexity index is 823. The third-order valence-electron chi connectivity index (χ3n) is 3.73. The van der Waals surface area contributed by atoms with E-state index in [1.165, 1.54) is 0 Å². The van der Waals surface area contributed by atoms with Gasteiger partial charge in [-0.2, -0.15) is 0 Å². The molecule has 0 atom stereocenters. The van der Waals surface area contributed by atoms with Gasteiger partial charge in [0.15, 0.2) is 0 Å². The topological polar surface area (TPSA) is 55.3 Å². The third kappa shape index (κ3) is 4.64. The fourth-order valence-corrected chi connectivity index (χ4v) is 2.42. The predicted molar refractivity (Wildman–Crippen MR) is 95.0 cm³/mol. The van der Waals surface area contributed by atoms with E-state index in [2.05, 4.69) is 9.97 Å². The second-order valence-electron chi connectivity index (χ2n) is 5.69. The van der Waals surface area contributed by atoms with Crippen LogP contribution in [-0.2, 0) is 13.2 Å². The number of carbonyl (C=O) groups is 1. The number of carbonyl (C=O) groups excluding carboxylic acids is 1. The van der Waals surface area contributed by atoms with Crippen LogP contribution in [0.3, 0.4) is 0 Å². The van der Waals surface area contributed by atoms with Crippen LogP contribution in [0.25, 0.3) is 0 Å². The van der Waals surface area contributed by atoms with Crippen LogP contribution in [0.4, 0.5) is 0 Å². The van der Waals surface area contributed by atoms with Gasteiger partial charge in [0, 0.05) is 49.5 Å². The molecule has 126 valence electrons. The molecule has 5 nitrogen and oxygen atoms in total. The van der Waals surface area contributed by atoms with Crippen molar-refractivity contribution in [3.05, 3.63) is 90.0 Å². The van der Waals surface area contributed by atoms with Crippen LogP contribution in [0, 0.1) is 0 Å². The second-order valence-corrected chi connectivity index (χ2v) is 5.69. The van der Waals surface area contributed by atoms with Crippen molar-refractivity contribution < 1.29 is 9.53 Å². The van der Waals surface area contributed by atoms with Gasteiger partial charge in [-0.15, -0.1) is 0 Å². The Kier molecular flexibility index (Phi) is 5.36. The Hall–Kier alpha value is -3.21. The molecule has 0 fully saturated rings. The minimum absolute atomic E-state index is 0.0522. The zero-order valence-corrected chi connectivity index (χ0v) is 14.0. The molecule has 0 radical (unpaired) electrons. The van der Waals surface area contributed by atoms with Gasteiger partial charge in [0.05, 0.1) is 0 Å². The molecule has 0 N–H and O–H groups in total. The lowest BCUT2D eigenvalue weighted by molar-refractivity contribution is 0.0784. The number of hydrogen-bond donors (Lipinski definition) is 0. The fourth-order valence-electron chi connectivity index (χ4n) is 2.42. The van der Waals surface area contributed by atoms with E-state index in [1.807, 2.05) is 36.4 Å². The smallest absolute Gasteiger partial charge is 0.254 e. The molecule has 1 amide bonds. The summed E-state index contributed by atoms with van der Waals surface area (Å²) in [6, 6.07) is 14.8. The summed E-state index contributed by atoms with van der Waals surface area (Å²) >= 11 is 0. The molecular formula is C20H19N3O2. The van der Waals surface area contributed by atoms with E-state index in [1.54, 1.807) is 48.9 Å². The van der Waals surface area contributed by atoms with Gasteiger partial charge in [-0.1, -0.05) is 12.1 Å². The van der Waals surface area contributed by atoms with Crippen LogP contribution < -0.4 is 4.74 Å². The van der Waals surface area contributed by atoms with E-state index in [-0.39, 0.29) is 5.91 Å². The molecule has 0 aliphatic heterocycles. The minimum Gasteiger partial charge on any atom is -0.489 e. The zero-order valence-electron chi connectivity index (χ0n) is 14.0. The van der Waals surface area contributed by atoms with Crippen molar-refractivity contribution in [1.29, 1.82) is 0 Å². The summed E-state index contributed by atoms with van der Waals surface area (Å²) in [4.78, 5) is 22.3. The molecule has 5 heteroatoms. The molecule has 0 bridgehead atoms. The summed E-state index contributed by atoms with van der Waals surface area (Å²) in [5, 5.41) is 0. The number of benzene rings is 1. The number of amides is 1. The van der Waals surface area contributed by atoms with Crippen LogP contribution in [0.15, 0.2) is 73.3 Å². The summed E-state index contributed by atoms with van der Waals surface area (Å²) < 4.78 is 5.76. The van der Waals surface area contributed by atoms with Gasteiger partial charge in [-0.05, 0) is 42.0 Å². The van der Waals surface area contributed by atoms with E-state index in [9.17, 15) is 4.79 Å². The zero-order chi connectivity index (χ0) is 17.5. The van der Waals surface area contributed by atoms with Gasteiger partial charge in [0.2, 0.25) is 0 Å². The highest BCUT2D eigenvalue weighted by Gasteiger charge is 2.13. The Morgan fingerprint density at radius 3 is 2.60 bits per heavy atom. The van der Waals surface area contributed by atoms with Gasteiger partial charge in [0.25, 0.3) is 5.91 Å². The van der Waals surface area contributed by atoms with E-state index in [4.69, 9.17) is 4.74 Å². The molecule has 0 aliphatic carbocycles. The van der Waals surface area contributed by atoms with Gasteiger partial charge >= 0.3 is 0 Å². The van der Waals surface area contributed by atoms with Crippen LogP contribution in [0.1, 0.15) is 21.5 Å². The van der Waals surface area contributed by atoms with Crippen LogP contribution in [0.5, 0.6) is 5.75 Å². The standard InChI is InChI=1S/C20H19N3O2/c1-23(14-16-7-10-21-11-8-16)20(24)18-5-2-6-19(12-18)25-15-17-4-3-9-22-13-17/h2-13H,14-15H2,1H3. The van der Waals surface area contributed by atoms with E-state index in [0.29, 0.717) is 24.5 Å². The average molecular weight is 333 g/mol. The number of rotatable bonds is 6. The molecule has 0 spiro atoms. The summed E-state index contributed by atoms with van der Waals surface area (Å²) in [5.74, 6) is 0.607. The normalized spacial score (nSPS) is 10.3. The molecule has 0 aliphatic rings. The molecule has 3 rings (SSSR count). The molecule has 2 heterocycles. The molecule has 0 saturated carbocycles. The number of hydrogen-bond acceptors (Lipinski definition) is 4. The van der Waals surface area contributed by atoms with Crippen molar-refractivity contribution in [3.8, 4) is 5.75 Å². The first-order valence-electron chi connectivity index (χ1n) is 7.98. The third-order valence-corrected chi connectivity index (χ3v) is 3.73. The molecular weight excluding hydrogens is 314 g/mol. The van der Waals surface area contributed by atoms with Crippen molar-refractivity contribution in [2.45, 2.75) is 13.2 Å². The first-order chi connectivity index (χ1) is 12.2. The van der Waals surface area contributed by atoms with Crippen LogP contribution >= 0.6 is 0 Å². The highest BCUT2D eigenvalue weighted by molar-refractivity contribution is 5.94. The maximum absolute atomic E-state index is 12.6. The van der Waals surface area contributed by atoms with Crippen molar-refractivity contribution >= 4 is 5.91 Å². The van der Waals surface area contributed by atoms with E-state index < -0.39 is 0 Å². The molecule has 1 aromatic carbocycles. The van der Waals surface area contributed by atoms with Crippen LogP contribution in [0.2, 0.25) is 0 Å². The fraction of sp³-hybridized carbons (Fsp3) is 0.150. The van der Waals surface area contributed by atoms with Gasteiger partial charge < -0.3 is 9.64 Å². The van der Waals surface area contributed by atoms with E-state index in [0.717, 1.165) is 11.1 Å². The SMILES string of the molecule is CN(Cc1ccncc1)C(=O)c1cccc(OCc2cccnc2)c1. The number of nitrogens with zero attached hydrogens (tertiary/aromatic N) is 3. The first-order valence-corrected chi connectivity index (χ1v) is 7.98. The Morgan fingerprint density at radius 2 is 1.84 bits per heavy atom. The summed E-state index contributed by atoms with van der Waals surface area (Å²) in [6.07, 6.45) is 6.93. The molecule has 3 aromatic rings. The highest BCUT2D eigenvalue weighted by Crippen LogP contribution is 2.17. The van der Waals surface area contributed by atoms with Crippen molar-refractivity contribution in [3.63, 3.8) is 0 Å². The quantitative estimate of drug-likeness (QED) is 0.694. The van der Waals surface area contributed by atoms with Crippen molar-refractivity contribution in [2.24, 2.45) is 0 Å². The largest absolute Gasteiger partial charge is 0.489 e. The number of pyridine rings is 2. The Balaban J connectivity index is 1.64. The molecule has 25 heavy (non-hydrogen) atoms. The lowest BCUT2D eigenvalue weighted by Gasteiger charge is -2.17. The highest BCUT2D eigenvalue weighted by atomic mass is 16.5. The predicted octanol–water partition coefficient (Wildman–Crippen LogP) is 3.33. The van der Waals surface area contributed by atoms with Crippen molar-refractivity contribution in [2.75, 3.05) is 7.05 Å². The summed E-state index contributed by atoms with van der Waals surface area (Å²) in [5.41, 5.74) is 2.61. The second kappa shape index (κ2) is 8.06. The summed E-state index contributed by atoms with van der Waals surface area (Å²) in [7, 11) is 1.78. The first kappa shape index (κ1) is 16.6. The molecule has 2 aromatic heterocycles. The average Bonchev–Trinajstić information content (AvgIpc) is 2.67. The Labute approximate surface area is 146 Å². The van der Waals surface area contributed by atoms with Gasteiger partial charge in [-0.25, -0.2) is 0 Å². The van der Waals surface area contributed by atoms with E-state index >= 15 is 0 Å². The maximum atomic E-state index is 12.6. The van der Waals surface area contributed by atoms with Gasteiger partial charge in [0.1, 0.15) is 12.4 Å². The lowest BCUT2D eigenvalue weighted by Crippen LogP contribution is -2.26. The van der Waals surface area contributed by atoms with Gasteiger partial charge in [-0.3, -0.25) is 14.8 Å². The maximum Gasteiger partial charge on any atom is 0.254 e. The number of ether oxygens (including phenoxy) is 1. The summed E-state index contributed by atoms with van der Waals surface area (Å²) in [6.45, 7) is 0.945. The van der Waals surface area contributed by atoms with Crippen LogP contribution in [-0.4, -0.2) is 27.8 Å². The lowest BCUT2D eigenvalue weighted by atomic mass is 10.1. The van der Waals surface area contributed by atoms with Crippen molar-refractivity contribution in [1.82, 2.24) is 14.9 Å². The Morgan fingerprint density at radius 1 is 1.00 bits per heavy atom.